The number of ether oxygens (including phenoxy) is 2. The zero-order valence-corrected chi connectivity index (χ0v) is 18.3. The highest BCUT2D eigenvalue weighted by Gasteiger charge is 2.53. The van der Waals surface area contributed by atoms with E-state index >= 15 is 0 Å². The third-order valence-electron chi connectivity index (χ3n) is 6.63. The summed E-state index contributed by atoms with van der Waals surface area (Å²) in [6, 6.07) is 8.42. The number of hydrogen-bond acceptors (Lipinski definition) is 3. The zero-order valence-electron chi connectivity index (χ0n) is 16.0. The maximum absolute atomic E-state index is 6.12. The van der Waals surface area contributed by atoms with Gasteiger partial charge in [0.25, 0.3) is 0 Å². The second-order valence-electron chi connectivity index (χ2n) is 8.09. The number of para-hydroxylation sites is 1. The first-order valence-electron chi connectivity index (χ1n) is 10.2. The number of rotatable bonds is 3. The monoisotopic (exact) mass is 483 g/mol. The molecule has 27 heavy (non-hydrogen) atoms. The highest BCUT2D eigenvalue weighted by atomic mass is 127. The van der Waals surface area contributed by atoms with Gasteiger partial charge in [-0.3, -0.25) is 4.99 Å². The maximum Gasteiger partial charge on any atom is 0.193 e. The lowest BCUT2D eigenvalue weighted by Gasteiger charge is -2.27. The SMILES string of the molecule is CCNC(=NCC1CCOc2ccccc21)N1CC2C3CCC(O3)C2C1.I. The standard InChI is InChI=1S/C21H29N3O2.HI/c1-2-22-21(24-12-16-17(13-24)20-8-7-19(16)26-20)23-11-14-9-10-25-18-6-4-3-5-15(14)18;/h3-6,14,16-17,19-20H,2,7-13H2,1H3,(H,22,23);1H. The van der Waals surface area contributed by atoms with E-state index in [1.165, 1.54) is 18.4 Å². The Hall–Kier alpha value is -1.02. The summed E-state index contributed by atoms with van der Waals surface area (Å²) in [5, 5.41) is 3.53. The van der Waals surface area contributed by atoms with Gasteiger partial charge in [0.2, 0.25) is 0 Å². The first-order valence-corrected chi connectivity index (χ1v) is 10.2. The van der Waals surface area contributed by atoms with Crippen molar-refractivity contribution in [2.24, 2.45) is 16.8 Å². The molecule has 0 aliphatic carbocycles. The number of halogens is 1. The third kappa shape index (κ3) is 3.55. The molecule has 0 radical (unpaired) electrons. The number of nitrogens with zero attached hydrogens (tertiary/aromatic N) is 2. The fourth-order valence-corrected chi connectivity index (χ4v) is 5.36. The van der Waals surface area contributed by atoms with Crippen LogP contribution in [0.5, 0.6) is 5.75 Å². The van der Waals surface area contributed by atoms with Gasteiger partial charge in [-0.15, -0.1) is 24.0 Å². The van der Waals surface area contributed by atoms with Crippen LogP contribution in [0.1, 0.15) is 37.7 Å². The minimum Gasteiger partial charge on any atom is -0.493 e. The molecule has 1 aromatic rings. The normalized spacial score (nSPS) is 33.9. The van der Waals surface area contributed by atoms with E-state index in [1.807, 2.05) is 6.07 Å². The number of aliphatic imine (C=N–C) groups is 1. The molecule has 5 unspecified atom stereocenters. The minimum atomic E-state index is 0. The average Bonchev–Trinajstić information content (AvgIpc) is 3.38. The van der Waals surface area contributed by atoms with Gasteiger partial charge in [0.15, 0.2) is 5.96 Å². The lowest BCUT2D eigenvalue weighted by molar-refractivity contribution is 0.0767. The van der Waals surface area contributed by atoms with Gasteiger partial charge in [0.05, 0.1) is 18.8 Å². The van der Waals surface area contributed by atoms with Crippen molar-refractivity contribution in [2.75, 3.05) is 32.8 Å². The number of nitrogens with one attached hydrogen (secondary N) is 1. The third-order valence-corrected chi connectivity index (χ3v) is 6.63. The molecule has 0 spiro atoms. The lowest BCUT2D eigenvalue weighted by Crippen LogP contribution is -2.41. The molecule has 6 heteroatoms. The Morgan fingerprint density at radius 3 is 2.63 bits per heavy atom. The molecule has 0 amide bonds. The molecule has 5 rings (SSSR count). The van der Waals surface area contributed by atoms with Gasteiger partial charge in [0, 0.05) is 43.9 Å². The van der Waals surface area contributed by atoms with E-state index in [2.05, 4.69) is 35.3 Å². The molecule has 1 N–H and O–H groups in total. The zero-order chi connectivity index (χ0) is 17.5. The number of benzene rings is 1. The van der Waals surface area contributed by atoms with Gasteiger partial charge in [-0.25, -0.2) is 0 Å². The van der Waals surface area contributed by atoms with Gasteiger partial charge in [-0.1, -0.05) is 18.2 Å². The van der Waals surface area contributed by atoms with Crippen LogP contribution in [0.3, 0.4) is 0 Å². The Balaban J connectivity index is 0.00000180. The minimum absolute atomic E-state index is 0. The molecule has 4 aliphatic rings. The van der Waals surface area contributed by atoms with Crippen molar-refractivity contribution >= 4 is 29.9 Å². The molecule has 5 nitrogen and oxygen atoms in total. The van der Waals surface area contributed by atoms with Crippen LogP contribution >= 0.6 is 24.0 Å². The van der Waals surface area contributed by atoms with E-state index in [9.17, 15) is 0 Å². The van der Waals surface area contributed by atoms with Crippen molar-refractivity contribution in [1.29, 1.82) is 0 Å². The van der Waals surface area contributed by atoms with E-state index in [0.717, 1.165) is 50.9 Å². The summed E-state index contributed by atoms with van der Waals surface area (Å²) in [5.41, 5.74) is 1.31. The molecule has 3 fully saturated rings. The number of hydrogen-bond donors (Lipinski definition) is 1. The van der Waals surface area contributed by atoms with E-state index in [-0.39, 0.29) is 24.0 Å². The predicted molar refractivity (Wildman–Crippen MR) is 117 cm³/mol. The average molecular weight is 483 g/mol. The highest BCUT2D eigenvalue weighted by Crippen LogP contribution is 2.47. The second kappa shape index (κ2) is 8.15. The van der Waals surface area contributed by atoms with Crippen molar-refractivity contribution in [3.63, 3.8) is 0 Å². The summed E-state index contributed by atoms with van der Waals surface area (Å²) in [4.78, 5) is 7.53. The summed E-state index contributed by atoms with van der Waals surface area (Å²) in [6.07, 6.45) is 4.56. The summed E-state index contributed by atoms with van der Waals surface area (Å²) < 4.78 is 11.9. The van der Waals surface area contributed by atoms with E-state index in [1.54, 1.807) is 0 Å². The van der Waals surface area contributed by atoms with Gasteiger partial charge >= 0.3 is 0 Å². The van der Waals surface area contributed by atoms with Crippen LogP contribution in [0.2, 0.25) is 0 Å². The van der Waals surface area contributed by atoms with Crippen LogP contribution in [0.4, 0.5) is 0 Å². The molecule has 3 saturated heterocycles. The van der Waals surface area contributed by atoms with Crippen LogP contribution in [0.25, 0.3) is 0 Å². The van der Waals surface area contributed by atoms with E-state index in [4.69, 9.17) is 14.5 Å². The summed E-state index contributed by atoms with van der Waals surface area (Å²) >= 11 is 0. The Morgan fingerprint density at radius 1 is 1.15 bits per heavy atom. The molecular formula is C21H30IN3O2. The van der Waals surface area contributed by atoms with Gasteiger partial charge in [-0.2, -0.15) is 0 Å². The van der Waals surface area contributed by atoms with Crippen LogP contribution in [-0.4, -0.2) is 55.9 Å². The molecule has 2 bridgehead atoms. The molecule has 4 aliphatic heterocycles. The Morgan fingerprint density at radius 2 is 1.89 bits per heavy atom. The number of guanidine groups is 1. The largest absolute Gasteiger partial charge is 0.493 e. The van der Waals surface area contributed by atoms with Crippen molar-refractivity contribution < 1.29 is 9.47 Å². The fourth-order valence-electron chi connectivity index (χ4n) is 5.36. The first kappa shape index (κ1) is 19.3. The van der Waals surface area contributed by atoms with Crippen LogP contribution in [-0.2, 0) is 4.74 Å². The quantitative estimate of drug-likeness (QED) is 0.408. The van der Waals surface area contributed by atoms with Gasteiger partial charge in [-0.05, 0) is 37.8 Å². The highest BCUT2D eigenvalue weighted by molar-refractivity contribution is 14.0. The van der Waals surface area contributed by atoms with Crippen LogP contribution < -0.4 is 10.1 Å². The van der Waals surface area contributed by atoms with E-state index in [0.29, 0.717) is 30.0 Å². The number of fused-ring (bicyclic) bond motifs is 6. The Labute approximate surface area is 178 Å². The molecule has 0 saturated carbocycles. The van der Waals surface area contributed by atoms with Crippen LogP contribution in [0, 0.1) is 11.8 Å². The van der Waals surface area contributed by atoms with Crippen LogP contribution in [0.15, 0.2) is 29.3 Å². The van der Waals surface area contributed by atoms with Gasteiger partial charge in [0.1, 0.15) is 5.75 Å². The lowest BCUT2D eigenvalue weighted by atomic mass is 9.82. The fraction of sp³-hybridized carbons (Fsp3) is 0.667. The van der Waals surface area contributed by atoms with E-state index < -0.39 is 0 Å². The number of likely N-dealkylation sites (tertiary alicyclic amines) is 1. The molecular weight excluding hydrogens is 453 g/mol. The van der Waals surface area contributed by atoms with Crippen molar-refractivity contribution in [1.82, 2.24) is 10.2 Å². The molecule has 5 atom stereocenters. The molecule has 148 valence electrons. The predicted octanol–water partition coefficient (Wildman–Crippen LogP) is 3.25. The maximum atomic E-state index is 6.12. The molecule has 0 aromatic heterocycles. The smallest absolute Gasteiger partial charge is 0.193 e. The molecule has 1 aromatic carbocycles. The summed E-state index contributed by atoms with van der Waals surface area (Å²) in [5.74, 6) is 4.00. The Kier molecular flexibility index (Phi) is 5.83. The topological polar surface area (TPSA) is 46.1 Å². The first-order chi connectivity index (χ1) is 12.8. The summed E-state index contributed by atoms with van der Waals surface area (Å²) in [6.45, 7) is 6.89. The Bertz CT molecular complexity index is 680. The second-order valence-corrected chi connectivity index (χ2v) is 8.09. The molecule has 4 heterocycles. The van der Waals surface area contributed by atoms with Crippen molar-refractivity contribution in [3.05, 3.63) is 29.8 Å². The van der Waals surface area contributed by atoms with Crippen molar-refractivity contribution in [3.8, 4) is 5.75 Å². The summed E-state index contributed by atoms with van der Waals surface area (Å²) in [7, 11) is 0. The van der Waals surface area contributed by atoms with Gasteiger partial charge < -0.3 is 19.7 Å². The van der Waals surface area contributed by atoms with Crippen molar-refractivity contribution in [2.45, 2.75) is 44.3 Å².